The van der Waals surface area contributed by atoms with Gasteiger partial charge >= 0.3 is 17.9 Å². The first-order valence-corrected chi connectivity index (χ1v) is 36.2. The third-order valence-electron chi connectivity index (χ3n) is 16.8. The SMILES string of the molecule is CCCCCCCCCC/C=C\CCCCCCCCCCCCCCCCCCCCCC(=O)OCC(COC(=O)CCCCCCC)OC(=O)CCCCCCCCCCCCCCCCCCCCCCCCCCC. The summed E-state index contributed by atoms with van der Waals surface area (Å²) in [6.07, 6.45) is 83.2. The summed E-state index contributed by atoms with van der Waals surface area (Å²) in [5, 5.41) is 0. The quantitative estimate of drug-likeness (QED) is 0.0261. The summed E-state index contributed by atoms with van der Waals surface area (Å²) in [5.74, 6) is -0.846. The molecular formula is C73H140O6. The van der Waals surface area contributed by atoms with E-state index in [0.717, 1.165) is 64.2 Å². The Bertz CT molecular complexity index is 1230. The molecule has 1 unspecified atom stereocenters. The first-order valence-electron chi connectivity index (χ1n) is 36.2. The highest BCUT2D eigenvalue weighted by Crippen LogP contribution is 2.19. The van der Waals surface area contributed by atoms with Crippen molar-refractivity contribution in [1.82, 2.24) is 0 Å². The van der Waals surface area contributed by atoms with E-state index >= 15 is 0 Å². The maximum absolute atomic E-state index is 12.9. The summed E-state index contributed by atoms with van der Waals surface area (Å²) in [6, 6.07) is 0. The molecule has 0 aromatic rings. The number of hydrogen-bond donors (Lipinski definition) is 0. The van der Waals surface area contributed by atoms with E-state index in [1.807, 2.05) is 0 Å². The Morgan fingerprint density at radius 3 is 0.633 bits per heavy atom. The van der Waals surface area contributed by atoms with Crippen LogP contribution in [-0.2, 0) is 28.6 Å². The van der Waals surface area contributed by atoms with Gasteiger partial charge in [-0.15, -0.1) is 0 Å². The molecule has 0 heterocycles. The molecule has 0 saturated heterocycles. The van der Waals surface area contributed by atoms with Crippen LogP contribution in [-0.4, -0.2) is 37.2 Å². The molecule has 0 fully saturated rings. The van der Waals surface area contributed by atoms with Gasteiger partial charge in [0.2, 0.25) is 0 Å². The second-order valence-electron chi connectivity index (χ2n) is 24.9. The van der Waals surface area contributed by atoms with Crippen molar-refractivity contribution in [1.29, 1.82) is 0 Å². The number of allylic oxidation sites excluding steroid dienone is 2. The minimum Gasteiger partial charge on any atom is -0.462 e. The van der Waals surface area contributed by atoms with Gasteiger partial charge in [-0.1, -0.05) is 367 Å². The van der Waals surface area contributed by atoms with E-state index in [4.69, 9.17) is 14.2 Å². The zero-order valence-electron chi connectivity index (χ0n) is 53.9. The molecule has 0 radical (unpaired) electrons. The number of ether oxygens (including phenoxy) is 3. The number of hydrogen-bond acceptors (Lipinski definition) is 6. The van der Waals surface area contributed by atoms with E-state index in [-0.39, 0.29) is 31.1 Å². The molecule has 0 aromatic heterocycles. The molecule has 79 heavy (non-hydrogen) atoms. The van der Waals surface area contributed by atoms with E-state index < -0.39 is 6.10 Å². The molecular weight excluding hydrogens is 973 g/mol. The summed E-state index contributed by atoms with van der Waals surface area (Å²) >= 11 is 0. The summed E-state index contributed by atoms with van der Waals surface area (Å²) in [6.45, 7) is 6.64. The molecule has 0 aromatic carbocycles. The Morgan fingerprint density at radius 1 is 0.241 bits per heavy atom. The highest BCUT2D eigenvalue weighted by molar-refractivity contribution is 5.71. The molecule has 0 rings (SSSR count). The Labute approximate surface area is 494 Å². The van der Waals surface area contributed by atoms with Gasteiger partial charge in [0.05, 0.1) is 0 Å². The van der Waals surface area contributed by atoms with Crippen molar-refractivity contribution in [3.8, 4) is 0 Å². The van der Waals surface area contributed by atoms with Gasteiger partial charge in [0, 0.05) is 19.3 Å². The monoisotopic (exact) mass is 1110 g/mol. The average molecular weight is 1110 g/mol. The second kappa shape index (κ2) is 68.6. The zero-order chi connectivity index (χ0) is 57.1. The fraction of sp³-hybridized carbons (Fsp3) is 0.932. The van der Waals surface area contributed by atoms with Gasteiger partial charge in [0.1, 0.15) is 13.2 Å². The van der Waals surface area contributed by atoms with E-state index in [1.165, 1.54) is 315 Å². The van der Waals surface area contributed by atoms with Gasteiger partial charge in [-0.2, -0.15) is 0 Å². The molecule has 1 atom stereocenters. The van der Waals surface area contributed by atoms with E-state index in [1.54, 1.807) is 0 Å². The molecule has 0 aliphatic heterocycles. The fourth-order valence-electron chi connectivity index (χ4n) is 11.3. The summed E-state index contributed by atoms with van der Waals surface area (Å²) < 4.78 is 16.8. The van der Waals surface area contributed by atoms with Crippen LogP contribution in [0.4, 0.5) is 0 Å². The molecule has 468 valence electrons. The number of unbranched alkanes of at least 4 members (excludes halogenated alkanes) is 55. The summed E-state index contributed by atoms with van der Waals surface area (Å²) in [4.78, 5) is 38.0. The molecule has 0 bridgehead atoms. The number of rotatable bonds is 68. The smallest absolute Gasteiger partial charge is 0.306 e. The van der Waals surface area contributed by atoms with Gasteiger partial charge in [-0.3, -0.25) is 14.4 Å². The molecule has 0 N–H and O–H groups in total. The topological polar surface area (TPSA) is 78.9 Å². The lowest BCUT2D eigenvalue weighted by molar-refractivity contribution is -0.167. The van der Waals surface area contributed by atoms with E-state index in [2.05, 4.69) is 32.9 Å². The van der Waals surface area contributed by atoms with E-state index in [0.29, 0.717) is 19.3 Å². The standard InChI is InChI=1S/C73H140O6/c1-4-7-10-13-15-17-19-21-23-25-27-29-31-33-34-35-36-37-38-40-41-43-45-47-49-51-53-55-57-60-63-66-72(75)78-69-70(68-77-71(74)65-62-59-12-9-6-3)79-73(76)67-64-61-58-56-54-52-50-48-46-44-42-39-32-30-28-26-24-22-20-18-16-14-11-8-5-2/h25,27,70H,4-24,26,28-69H2,1-3H3/b27-25-. The third-order valence-corrected chi connectivity index (χ3v) is 16.8. The molecule has 0 saturated carbocycles. The van der Waals surface area contributed by atoms with Crippen LogP contribution < -0.4 is 0 Å². The largest absolute Gasteiger partial charge is 0.462 e. The fourth-order valence-corrected chi connectivity index (χ4v) is 11.3. The van der Waals surface area contributed by atoms with Crippen molar-refractivity contribution >= 4 is 17.9 Å². The van der Waals surface area contributed by atoms with Crippen LogP contribution in [0.2, 0.25) is 0 Å². The summed E-state index contributed by atoms with van der Waals surface area (Å²) in [5.41, 5.74) is 0. The van der Waals surface area contributed by atoms with Crippen molar-refractivity contribution in [3.05, 3.63) is 12.2 Å². The first kappa shape index (κ1) is 77.2. The average Bonchev–Trinajstić information content (AvgIpc) is 3.45. The maximum Gasteiger partial charge on any atom is 0.306 e. The third kappa shape index (κ3) is 66.8. The minimum absolute atomic E-state index is 0.0636. The lowest BCUT2D eigenvalue weighted by Crippen LogP contribution is -2.30. The number of carbonyl (C=O) groups is 3. The number of carbonyl (C=O) groups excluding carboxylic acids is 3. The molecule has 0 amide bonds. The second-order valence-corrected chi connectivity index (χ2v) is 24.9. The van der Waals surface area contributed by atoms with Crippen LogP contribution in [0.25, 0.3) is 0 Å². The van der Waals surface area contributed by atoms with Crippen LogP contribution in [0.15, 0.2) is 12.2 Å². The highest BCUT2D eigenvalue weighted by atomic mass is 16.6. The minimum atomic E-state index is -0.763. The van der Waals surface area contributed by atoms with Gasteiger partial charge < -0.3 is 14.2 Å². The maximum atomic E-state index is 12.9. The van der Waals surface area contributed by atoms with Gasteiger partial charge in [0.25, 0.3) is 0 Å². The normalized spacial score (nSPS) is 12.0. The van der Waals surface area contributed by atoms with Gasteiger partial charge in [-0.05, 0) is 44.9 Å². The zero-order valence-corrected chi connectivity index (χ0v) is 53.9. The van der Waals surface area contributed by atoms with Crippen LogP contribution in [0.5, 0.6) is 0 Å². The molecule has 6 nitrogen and oxygen atoms in total. The Balaban J connectivity index is 3.88. The van der Waals surface area contributed by atoms with Crippen LogP contribution in [0, 0.1) is 0 Å². The van der Waals surface area contributed by atoms with Crippen molar-refractivity contribution in [2.75, 3.05) is 13.2 Å². The lowest BCUT2D eigenvalue weighted by Gasteiger charge is -2.18. The first-order chi connectivity index (χ1) is 39.0. The molecule has 0 aliphatic rings. The molecule has 0 aliphatic carbocycles. The van der Waals surface area contributed by atoms with Crippen LogP contribution in [0.3, 0.4) is 0 Å². The Kier molecular flexibility index (Phi) is 67.0. The van der Waals surface area contributed by atoms with Gasteiger partial charge in [-0.25, -0.2) is 0 Å². The van der Waals surface area contributed by atoms with Crippen molar-refractivity contribution < 1.29 is 28.6 Å². The predicted molar refractivity (Wildman–Crippen MR) is 344 cm³/mol. The Hall–Kier alpha value is -1.85. The predicted octanol–water partition coefficient (Wildman–Crippen LogP) is 24.8. The van der Waals surface area contributed by atoms with Crippen LogP contribution >= 0.6 is 0 Å². The summed E-state index contributed by atoms with van der Waals surface area (Å²) in [7, 11) is 0. The van der Waals surface area contributed by atoms with E-state index in [9.17, 15) is 14.4 Å². The highest BCUT2D eigenvalue weighted by Gasteiger charge is 2.19. The van der Waals surface area contributed by atoms with Gasteiger partial charge in [0.15, 0.2) is 6.10 Å². The van der Waals surface area contributed by atoms with Crippen molar-refractivity contribution in [2.45, 2.75) is 425 Å². The van der Waals surface area contributed by atoms with Crippen LogP contribution in [0.1, 0.15) is 419 Å². The Morgan fingerprint density at radius 2 is 0.418 bits per heavy atom. The molecule has 0 spiro atoms. The number of esters is 3. The van der Waals surface area contributed by atoms with Crippen molar-refractivity contribution in [2.24, 2.45) is 0 Å². The van der Waals surface area contributed by atoms with Crippen molar-refractivity contribution in [3.63, 3.8) is 0 Å². The molecule has 6 heteroatoms. The lowest BCUT2D eigenvalue weighted by atomic mass is 10.0.